The fourth-order valence-electron chi connectivity index (χ4n) is 1.84. The van der Waals surface area contributed by atoms with Gasteiger partial charge in [0.1, 0.15) is 5.69 Å². The molecule has 0 fully saturated rings. The van der Waals surface area contributed by atoms with Crippen LogP contribution in [0.2, 0.25) is 0 Å². The summed E-state index contributed by atoms with van der Waals surface area (Å²) < 4.78 is 17.2. The molecule has 0 unspecified atom stereocenters. The molecule has 3 rings (SSSR count). The topological polar surface area (TPSA) is 70.5 Å². The number of ether oxygens (including phenoxy) is 2. The Morgan fingerprint density at radius 1 is 1.17 bits per heavy atom. The highest BCUT2D eigenvalue weighted by molar-refractivity contribution is 9.10. The number of hydrogen-bond donors (Lipinski definition) is 1. The van der Waals surface area contributed by atoms with E-state index in [1.165, 1.54) is 0 Å². The maximum absolute atomic E-state index is 5.75. The van der Waals surface area contributed by atoms with Crippen LogP contribution in [0, 0.1) is 0 Å². The fourth-order valence-corrected chi connectivity index (χ4v) is 2.27. The van der Waals surface area contributed by atoms with Crippen LogP contribution in [0.15, 0.2) is 27.2 Å². The Bertz CT molecular complexity index is 583. The highest BCUT2D eigenvalue weighted by Crippen LogP contribution is 2.44. The SMILES string of the molecule is Nc1cc(-c2ccc(Br)c3c2OCCCO3)no1. The summed E-state index contributed by atoms with van der Waals surface area (Å²) in [6, 6.07) is 5.46. The Hall–Kier alpha value is -1.69. The molecule has 0 spiro atoms. The van der Waals surface area contributed by atoms with Crippen LogP contribution in [0.1, 0.15) is 6.42 Å². The number of anilines is 1. The van der Waals surface area contributed by atoms with Gasteiger partial charge in [-0.05, 0) is 28.1 Å². The van der Waals surface area contributed by atoms with Crippen molar-refractivity contribution in [2.75, 3.05) is 18.9 Å². The third-order valence-corrected chi connectivity index (χ3v) is 3.27. The molecule has 0 atom stereocenters. The van der Waals surface area contributed by atoms with Gasteiger partial charge in [-0.3, -0.25) is 0 Å². The summed E-state index contributed by atoms with van der Waals surface area (Å²) in [6.45, 7) is 1.25. The molecule has 2 N–H and O–H groups in total. The van der Waals surface area contributed by atoms with Gasteiger partial charge in [-0.15, -0.1) is 0 Å². The van der Waals surface area contributed by atoms with Gasteiger partial charge in [0.2, 0.25) is 5.88 Å². The third kappa shape index (κ3) is 1.92. The number of fused-ring (bicyclic) bond motifs is 1. The van der Waals surface area contributed by atoms with Crippen molar-refractivity contribution in [1.29, 1.82) is 0 Å². The van der Waals surface area contributed by atoms with E-state index in [1.807, 2.05) is 12.1 Å². The molecule has 2 heterocycles. The average molecular weight is 311 g/mol. The van der Waals surface area contributed by atoms with Gasteiger partial charge in [0.15, 0.2) is 11.5 Å². The first-order valence-electron chi connectivity index (χ1n) is 5.56. The largest absolute Gasteiger partial charge is 0.489 e. The summed E-state index contributed by atoms with van der Waals surface area (Å²) >= 11 is 3.46. The smallest absolute Gasteiger partial charge is 0.222 e. The highest BCUT2D eigenvalue weighted by Gasteiger charge is 2.20. The van der Waals surface area contributed by atoms with Gasteiger partial charge in [0, 0.05) is 18.1 Å². The van der Waals surface area contributed by atoms with Crippen LogP contribution in [-0.4, -0.2) is 18.4 Å². The van der Waals surface area contributed by atoms with E-state index in [9.17, 15) is 0 Å². The van der Waals surface area contributed by atoms with Crippen molar-refractivity contribution in [3.05, 3.63) is 22.7 Å². The van der Waals surface area contributed by atoms with Crippen molar-refractivity contribution in [1.82, 2.24) is 5.16 Å². The normalized spacial score (nSPS) is 14.3. The second kappa shape index (κ2) is 4.53. The van der Waals surface area contributed by atoms with Crippen LogP contribution in [0.25, 0.3) is 11.3 Å². The maximum Gasteiger partial charge on any atom is 0.222 e. The third-order valence-electron chi connectivity index (χ3n) is 2.65. The van der Waals surface area contributed by atoms with E-state index in [0.717, 1.165) is 16.5 Å². The van der Waals surface area contributed by atoms with Gasteiger partial charge in [-0.25, -0.2) is 0 Å². The first-order chi connectivity index (χ1) is 8.75. The van der Waals surface area contributed by atoms with Crippen LogP contribution in [0.4, 0.5) is 5.88 Å². The van der Waals surface area contributed by atoms with Crippen molar-refractivity contribution in [2.45, 2.75) is 6.42 Å². The van der Waals surface area contributed by atoms with Crippen molar-refractivity contribution in [3.8, 4) is 22.8 Å². The lowest BCUT2D eigenvalue weighted by Crippen LogP contribution is -1.98. The van der Waals surface area contributed by atoms with E-state index in [-0.39, 0.29) is 5.88 Å². The first kappa shape index (κ1) is 11.4. The Kier molecular flexibility index (Phi) is 2.87. The molecule has 0 saturated carbocycles. The lowest BCUT2D eigenvalue weighted by atomic mass is 10.1. The summed E-state index contributed by atoms with van der Waals surface area (Å²) in [7, 11) is 0. The molecule has 0 amide bonds. The van der Waals surface area contributed by atoms with Gasteiger partial charge in [0.25, 0.3) is 0 Å². The molecule has 0 aliphatic carbocycles. The zero-order chi connectivity index (χ0) is 12.5. The minimum absolute atomic E-state index is 0.274. The summed E-state index contributed by atoms with van der Waals surface area (Å²) in [4.78, 5) is 0. The Morgan fingerprint density at radius 2 is 1.94 bits per heavy atom. The molecule has 0 saturated heterocycles. The van der Waals surface area contributed by atoms with Crippen LogP contribution >= 0.6 is 15.9 Å². The predicted octanol–water partition coefficient (Wildman–Crippen LogP) is 2.85. The zero-order valence-corrected chi connectivity index (χ0v) is 11.1. The molecule has 5 nitrogen and oxygen atoms in total. The quantitative estimate of drug-likeness (QED) is 0.877. The van der Waals surface area contributed by atoms with Crippen LogP contribution in [-0.2, 0) is 0 Å². The molecule has 94 valence electrons. The Balaban J connectivity index is 2.15. The molecule has 2 aromatic rings. The van der Waals surface area contributed by atoms with Gasteiger partial charge in [0.05, 0.1) is 17.7 Å². The lowest BCUT2D eigenvalue weighted by molar-refractivity contribution is 0.296. The second-order valence-electron chi connectivity index (χ2n) is 3.92. The molecule has 0 bridgehead atoms. The molecule has 0 radical (unpaired) electrons. The highest BCUT2D eigenvalue weighted by atomic mass is 79.9. The number of aromatic nitrogens is 1. The van der Waals surface area contributed by atoms with E-state index < -0.39 is 0 Å². The summed E-state index contributed by atoms with van der Waals surface area (Å²) in [5.41, 5.74) is 7.00. The standard InChI is InChI=1S/C12H11BrN2O3/c13-8-3-2-7(9-6-10(14)18-15-9)11-12(8)17-5-1-4-16-11/h2-3,6H,1,4-5,14H2. The Morgan fingerprint density at radius 3 is 2.67 bits per heavy atom. The van der Waals surface area contributed by atoms with Gasteiger partial charge in [-0.1, -0.05) is 5.16 Å². The fraction of sp³-hybridized carbons (Fsp3) is 0.250. The number of nitrogens with two attached hydrogens (primary N) is 1. The predicted molar refractivity (Wildman–Crippen MR) is 69.7 cm³/mol. The monoisotopic (exact) mass is 310 g/mol. The summed E-state index contributed by atoms with van der Waals surface area (Å²) in [5.74, 6) is 1.65. The van der Waals surface area contributed by atoms with Crippen molar-refractivity contribution in [3.63, 3.8) is 0 Å². The Labute approximate surface area is 112 Å². The molecule has 18 heavy (non-hydrogen) atoms. The first-order valence-corrected chi connectivity index (χ1v) is 6.35. The minimum Gasteiger partial charge on any atom is -0.489 e. The summed E-state index contributed by atoms with van der Waals surface area (Å²) in [6.07, 6.45) is 0.849. The van der Waals surface area contributed by atoms with Crippen LogP contribution in [0.3, 0.4) is 0 Å². The number of rotatable bonds is 1. The zero-order valence-electron chi connectivity index (χ0n) is 9.48. The number of halogens is 1. The molecule has 1 aromatic heterocycles. The van der Waals surface area contributed by atoms with E-state index in [0.29, 0.717) is 30.4 Å². The van der Waals surface area contributed by atoms with Gasteiger partial charge >= 0.3 is 0 Å². The molecule has 6 heteroatoms. The molecule has 1 aliphatic heterocycles. The van der Waals surface area contributed by atoms with Crippen LogP contribution in [0.5, 0.6) is 11.5 Å². The van der Waals surface area contributed by atoms with E-state index in [2.05, 4.69) is 21.1 Å². The number of hydrogen-bond acceptors (Lipinski definition) is 5. The van der Waals surface area contributed by atoms with Gasteiger partial charge < -0.3 is 19.7 Å². The maximum atomic E-state index is 5.75. The van der Waals surface area contributed by atoms with Crippen molar-refractivity contribution < 1.29 is 14.0 Å². The van der Waals surface area contributed by atoms with Crippen LogP contribution < -0.4 is 15.2 Å². The van der Waals surface area contributed by atoms with Crippen molar-refractivity contribution in [2.24, 2.45) is 0 Å². The number of benzene rings is 1. The van der Waals surface area contributed by atoms with E-state index in [4.69, 9.17) is 19.7 Å². The summed E-state index contributed by atoms with van der Waals surface area (Å²) in [5, 5.41) is 3.90. The second-order valence-corrected chi connectivity index (χ2v) is 4.77. The molecule has 1 aliphatic rings. The van der Waals surface area contributed by atoms with Crippen molar-refractivity contribution >= 4 is 21.8 Å². The lowest BCUT2D eigenvalue weighted by Gasteiger charge is -2.12. The molecule has 1 aromatic carbocycles. The van der Waals surface area contributed by atoms with E-state index in [1.54, 1.807) is 6.07 Å². The minimum atomic E-state index is 0.274. The van der Waals surface area contributed by atoms with Gasteiger partial charge in [-0.2, -0.15) is 0 Å². The molecular weight excluding hydrogens is 300 g/mol. The molecular formula is C12H11BrN2O3. The number of nitrogen functional groups attached to an aromatic ring is 1. The average Bonchev–Trinajstić information content (AvgIpc) is 2.64. The van der Waals surface area contributed by atoms with E-state index >= 15 is 0 Å². The number of nitrogens with zero attached hydrogens (tertiary/aromatic N) is 1.